The maximum Gasteiger partial charge on any atom is 0.256 e. The van der Waals surface area contributed by atoms with Crippen LogP contribution in [0.25, 0.3) is 5.95 Å². The number of rotatable bonds is 7. The van der Waals surface area contributed by atoms with Gasteiger partial charge in [-0.15, -0.1) is 0 Å². The number of nitrogens with zero attached hydrogens (tertiary/aromatic N) is 5. The van der Waals surface area contributed by atoms with E-state index in [9.17, 15) is 0 Å². The molecule has 0 radical (unpaired) electrons. The van der Waals surface area contributed by atoms with E-state index in [0.717, 1.165) is 23.9 Å². The number of anilines is 1. The van der Waals surface area contributed by atoms with Gasteiger partial charge in [0.15, 0.2) is 5.16 Å². The van der Waals surface area contributed by atoms with Crippen LogP contribution in [0.1, 0.15) is 27.2 Å². The minimum atomic E-state index is 0.549. The van der Waals surface area contributed by atoms with Crippen molar-refractivity contribution in [2.24, 2.45) is 5.92 Å². The summed E-state index contributed by atoms with van der Waals surface area (Å²) in [4.78, 5) is 13.2. The molecule has 0 unspecified atom stereocenters. The molecule has 0 spiro atoms. The monoisotopic (exact) mass is 292 g/mol. The van der Waals surface area contributed by atoms with Crippen LogP contribution in [-0.2, 0) is 0 Å². The molecule has 0 aliphatic rings. The highest BCUT2D eigenvalue weighted by Gasteiger charge is 2.08. The first kappa shape index (κ1) is 14.8. The van der Waals surface area contributed by atoms with E-state index in [2.05, 4.69) is 39.2 Å². The molecule has 2 aromatic heterocycles. The number of hydrogen-bond acceptors (Lipinski definition) is 6. The Kier molecular flexibility index (Phi) is 5.34. The summed E-state index contributed by atoms with van der Waals surface area (Å²) in [5.74, 6) is 2.84. The van der Waals surface area contributed by atoms with Crippen LogP contribution in [-0.4, -0.2) is 37.0 Å². The van der Waals surface area contributed by atoms with Crippen molar-refractivity contribution in [3.05, 3.63) is 18.5 Å². The molecule has 0 aliphatic heterocycles. The van der Waals surface area contributed by atoms with Gasteiger partial charge < -0.3 is 5.32 Å². The average molecular weight is 292 g/mol. The van der Waals surface area contributed by atoms with Crippen molar-refractivity contribution < 1.29 is 0 Å². The summed E-state index contributed by atoms with van der Waals surface area (Å²) in [6.07, 6.45) is 4.68. The minimum Gasteiger partial charge on any atom is -0.354 e. The Bertz CT molecular complexity index is 526. The molecule has 0 saturated heterocycles. The zero-order chi connectivity index (χ0) is 14.4. The molecule has 0 aromatic carbocycles. The van der Waals surface area contributed by atoms with Crippen LogP contribution in [0.15, 0.2) is 23.6 Å². The van der Waals surface area contributed by atoms with Crippen LogP contribution in [0.2, 0.25) is 0 Å². The molecule has 0 bridgehead atoms. The van der Waals surface area contributed by atoms with Crippen molar-refractivity contribution in [1.82, 2.24) is 24.7 Å². The highest BCUT2D eigenvalue weighted by atomic mass is 32.2. The van der Waals surface area contributed by atoms with E-state index in [1.54, 1.807) is 22.6 Å². The first-order chi connectivity index (χ1) is 9.69. The second kappa shape index (κ2) is 7.23. The van der Waals surface area contributed by atoms with Crippen molar-refractivity contribution in [3.8, 4) is 5.95 Å². The van der Waals surface area contributed by atoms with E-state index < -0.39 is 0 Å². The topological polar surface area (TPSA) is 68.5 Å². The van der Waals surface area contributed by atoms with Gasteiger partial charge in [-0.1, -0.05) is 25.6 Å². The van der Waals surface area contributed by atoms with E-state index in [-0.39, 0.29) is 0 Å². The smallest absolute Gasteiger partial charge is 0.256 e. The van der Waals surface area contributed by atoms with Crippen LogP contribution in [0.3, 0.4) is 0 Å². The van der Waals surface area contributed by atoms with E-state index in [0.29, 0.717) is 17.8 Å². The minimum absolute atomic E-state index is 0.549. The third-order valence-corrected chi connectivity index (χ3v) is 3.45. The van der Waals surface area contributed by atoms with E-state index in [4.69, 9.17) is 0 Å². The van der Waals surface area contributed by atoms with E-state index in [1.807, 2.05) is 19.2 Å². The Morgan fingerprint density at radius 2 is 2.15 bits per heavy atom. The highest BCUT2D eigenvalue weighted by molar-refractivity contribution is 7.99. The Balaban J connectivity index is 2.17. The molecule has 0 amide bonds. The molecule has 2 heterocycles. The molecule has 2 rings (SSSR count). The molecule has 6 nitrogen and oxygen atoms in total. The first-order valence-electron chi connectivity index (χ1n) is 6.81. The number of hydrogen-bond donors (Lipinski definition) is 1. The lowest BCUT2D eigenvalue weighted by molar-refractivity contribution is 0.631. The molecule has 20 heavy (non-hydrogen) atoms. The van der Waals surface area contributed by atoms with Gasteiger partial charge in [-0.25, -0.2) is 4.68 Å². The van der Waals surface area contributed by atoms with Crippen LogP contribution in [0.4, 0.5) is 5.95 Å². The lowest BCUT2D eigenvalue weighted by atomic mass is 10.2. The van der Waals surface area contributed by atoms with Gasteiger partial charge in [-0.2, -0.15) is 20.1 Å². The second-order valence-electron chi connectivity index (χ2n) is 4.75. The quantitative estimate of drug-likeness (QED) is 0.791. The van der Waals surface area contributed by atoms with Crippen molar-refractivity contribution in [2.45, 2.75) is 32.3 Å². The summed E-state index contributed by atoms with van der Waals surface area (Å²) < 4.78 is 1.65. The fourth-order valence-electron chi connectivity index (χ4n) is 1.52. The SMILES string of the molecule is CCNc1nc(SCCC(C)C)nc(-n2cccn2)n1. The molecule has 2 aromatic rings. The second-order valence-corrected chi connectivity index (χ2v) is 5.82. The molecule has 0 atom stereocenters. The highest BCUT2D eigenvalue weighted by Crippen LogP contribution is 2.18. The van der Waals surface area contributed by atoms with Crippen molar-refractivity contribution in [3.63, 3.8) is 0 Å². The molecule has 108 valence electrons. The Morgan fingerprint density at radius 1 is 1.30 bits per heavy atom. The zero-order valence-corrected chi connectivity index (χ0v) is 12.9. The molecule has 0 saturated carbocycles. The van der Waals surface area contributed by atoms with Crippen LogP contribution in [0.5, 0.6) is 0 Å². The summed E-state index contributed by atoms with van der Waals surface area (Å²) in [6.45, 7) is 7.22. The van der Waals surface area contributed by atoms with Gasteiger partial charge in [-0.3, -0.25) is 0 Å². The van der Waals surface area contributed by atoms with Gasteiger partial charge in [0, 0.05) is 24.7 Å². The van der Waals surface area contributed by atoms with Crippen LogP contribution in [0, 0.1) is 5.92 Å². The van der Waals surface area contributed by atoms with Gasteiger partial charge in [-0.05, 0) is 25.3 Å². The summed E-state index contributed by atoms with van der Waals surface area (Å²) >= 11 is 1.66. The maximum atomic E-state index is 4.46. The standard InChI is InChI=1S/C13H20N6S/c1-4-14-11-16-12(19-8-5-7-15-19)18-13(17-11)20-9-6-10(2)3/h5,7-8,10H,4,6,9H2,1-3H3,(H,14,16,17,18). The maximum absolute atomic E-state index is 4.46. The predicted octanol–water partition coefficient (Wildman–Crippen LogP) is 2.63. The first-order valence-corrected chi connectivity index (χ1v) is 7.80. The lowest BCUT2D eigenvalue weighted by Crippen LogP contribution is -2.10. The van der Waals surface area contributed by atoms with Gasteiger partial charge in [0.2, 0.25) is 5.95 Å². The van der Waals surface area contributed by atoms with Crippen molar-refractivity contribution >= 4 is 17.7 Å². The fourth-order valence-corrected chi connectivity index (χ4v) is 2.59. The number of aromatic nitrogens is 5. The molecule has 0 fully saturated rings. The van der Waals surface area contributed by atoms with Gasteiger partial charge >= 0.3 is 0 Å². The number of nitrogens with one attached hydrogen (secondary N) is 1. The summed E-state index contributed by atoms with van der Waals surface area (Å²) in [5.41, 5.74) is 0. The third kappa shape index (κ3) is 4.19. The van der Waals surface area contributed by atoms with Crippen molar-refractivity contribution in [2.75, 3.05) is 17.6 Å². The van der Waals surface area contributed by atoms with E-state index >= 15 is 0 Å². The Labute approximate surface area is 123 Å². The molecule has 1 N–H and O–H groups in total. The zero-order valence-electron chi connectivity index (χ0n) is 12.1. The normalized spacial score (nSPS) is 11.0. The molecular formula is C13H20N6S. The fraction of sp³-hybridized carbons (Fsp3) is 0.538. The predicted molar refractivity (Wildman–Crippen MR) is 81.3 cm³/mol. The summed E-state index contributed by atoms with van der Waals surface area (Å²) in [6, 6.07) is 1.85. The average Bonchev–Trinajstić information content (AvgIpc) is 2.92. The molecular weight excluding hydrogens is 272 g/mol. The summed E-state index contributed by atoms with van der Waals surface area (Å²) in [5, 5.41) is 8.04. The van der Waals surface area contributed by atoms with Gasteiger partial charge in [0.25, 0.3) is 5.95 Å². The molecule has 7 heteroatoms. The third-order valence-electron chi connectivity index (χ3n) is 2.57. The Hall–Kier alpha value is -1.63. The Morgan fingerprint density at radius 3 is 2.80 bits per heavy atom. The summed E-state index contributed by atoms with van der Waals surface area (Å²) in [7, 11) is 0. The largest absolute Gasteiger partial charge is 0.354 e. The van der Waals surface area contributed by atoms with Crippen molar-refractivity contribution in [1.29, 1.82) is 0 Å². The van der Waals surface area contributed by atoms with E-state index in [1.165, 1.54) is 0 Å². The van der Waals surface area contributed by atoms with Gasteiger partial charge in [0.05, 0.1) is 0 Å². The molecule has 0 aliphatic carbocycles. The van der Waals surface area contributed by atoms with Gasteiger partial charge in [0.1, 0.15) is 0 Å². The van der Waals surface area contributed by atoms with Crippen LogP contribution >= 0.6 is 11.8 Å². The number of thioether (sulfide) groups is 1. The van der Waals surface area contributed by atoms with Crippen LogP contribution < -0.4 is 5.32 Å². The lowest BCUT2D eigenvalue weighted by Gasteiger charge is -2.08.